The third-order valence-corrected chi connectivity index (χ3v) is 3.69. The molecule has 3 nitrogen and oxygen atoms in total. The molecule has 0 aliphatic heterocycles. The summed E-state index contributed by atoms with van der Waals surface area (Å²) in [6.07, 6.45) is 0. The summed E-state index contributed by atoms with van der Waals surface area (Å²) in [7, 11) is 0. The minimum atomic E-state index is -0.232. The summed E-state index contributed by atoms with van der Waals surface area (Å²) in [4.78, 5) is 11.8. The number of nitrogens with one attached hydrogen (secondary N) is 2. The van der Waals surface area contributed by atoms with E-state index in [1.807, 2.05) is 0 Å². The molecule has 0 unspecified atom stereocenters. The average Bonchev–Trinajstić information content (AvgIpc) is 2.40. The average molecular weight is 364 g/mol. The van der Waals surface area contributed by atoms with Crippen molar-refractivity contribution < 1.29 is 4.79 Å². The number of anilines is 2. The number of amides is 1. The largest absolute Gasteiger partial charge is 0.376 e. The van der Waals surface area contributed by atoms with Crippen molar-refractivity contribution in [1.29, 1.82) is 0 Å². The maximum atomic E-state index is 11.8. The van der Waals surface area contributed by atoms with E-state index in [2.05, 4.69) is 10.6 Å². The van der Waals surface area contributed by atoms with Crippen molar-refractivity contribution in [2.24, 2.45) is 0 Å². The molecule has 0 aromatic heterocycles. The van der Waals surface area contributed by atoms with Gasteiger partial charge in [0.15, 0.2) is 0 Å². The van der Waals surface area contributed by atoms with Gasteiger partial charge in [0.25, 0.3) is 0 Å². The molecular weight excluding hydrogens is 354 g/mol. The number of carbonyl (C=O) groups excluding carboxylic acids is 1. The Morgan fingerprint density at radius 1 is 0.857 bits per heavy atom. The maximum Gasteiger partial charge on any atom is 0.243 e. The number of benzene rings is 2. The molecule has 2 aromatic rings. The van der Waals surface area contributed by atoms with Crippen molar-refractivity contribution in [2.45, 2.75) is 0 Å². The molecule has 0 aliphatic carbocycles. The zero-order chi connectivity index (χ0) is 15.4. The predicted molar refractivity (Wildman–Crippen MR) is 90.0 cm³/mol. The van der Waals surface area contributed by atoms with E-state index in [1.54, 1.807) is 36.4 Å². The van der Waals surface area contributed by atoms with Crippen LogP contribution in [-0.4, -0.2) is 12.5 Å². The topological polar surface area (TPSA) is 41.1 Å². The fourth-order valence-corrected chi connectivity index (χ4v) is 2.44. The quantitative estimate of drug-likeness (QED) is 0.768. The van der Waals surface area contributed by atoms with Gasteiger partial charge in [-0.1, -0.05) is 46.4 Å². The van der Waals surface area contributed by atoms with E-state index in [0.29, 0.717) is 31.5 Å². The van der Waals surface area contributed by atoms with Crippen molar-refractivity contribution in [3.8, 4) is 0 Å². The Labute approximate surface area is 142 Å². The van der Waals surface area contributed by atoms with Crippen molar-refractivity contribution in [3.63, 3.8) is 0 Å². The van der Waals surface area contributed by atoms with Crippen molar-refractivity contribution in [1.82, 2.24) is 0 Å². The first-order valence-electron chi connectivity index (χ1n) is 5.89. The van der Waals surface area contributed by atoms with Gasteiger partial charge < -0.3 is 10.6 Å². The lowest BCUT2D eigenvalue weighted by molar-refractivity contribution is -0.114. The molecule has 2 aromatic carbocycles. The van der Waals surface area contributed by atoms with Crippen LogP contribution in [0.3, 0.4) is 0 Å². The molecule has 0 saturated heterocycles. The van der Waals surface area contributed by atoms with E-state index >= 15 is 0 Å². The summed E-state index contributed by atoms with van der Waals surface area (Å²) in [6.45, 7) is 0.0664. The second-order valence-corrected chi connectivity index (χ2v) is 5.88. The Morgan fingerprint density at radius 2 is 1.52 bits per heavy atom. The third-order valence-electron chi connectivity index (χ3n) is 2.52. The molecule has 2 N–H and O–H groups in total. The number of rotatable bonds is 4. The van der Waals surface area contributed by atoms with Gasteiger partial charge in [0, 0.05) is 21.4 Å². The van der Waals surface area contributed by atoms with Crippen LogP contribution in [0.4, 0.5) is 11.4 Å². The standard InChI is InChI=1S/C14H10Cl4N2O/c15-8-3-9(16)5-11(4-8)19-7-14(21)20-10-1-2-12(17)13(18)6-10/h1-6,19H,7H2,(H,20,21). The van der Waals surface area contributed by atoms with Gasteiger partial charge in [0.1, 0.15) is 0 Å². The summed E-state index contributed by atoms with van der Waals surface area (Å²) in [5, 5.41) is 7.43. The second-order valence-electron chi connectivity index (χ2n) is 4.19. The first-order valence-corrected chi connectivity index (χ1v) is 7.40. The molecule has 0 saturated carbocycles. The lowest BCUT2D eigenvalue weighted by atomic mass is 10.3. The Balaban J connectivity index is 1.94. The van der Waals surface area contributed by atoms with E-state index in [9.17, 15) is 4.79 Å². The monoisotopic (exact) mass is 362 g/mol. The first kappa shape index (κ1) is 16.2. The van der Waals surface area contributed by atoms with E-state index in [1.165, 1.54) is 0 Å². The van der Waals surface area contributed by atoms with Gasteiger partial charge >= 0.3 is 0 Å². The van der Waals surface area contributed by atoms with Crippen LogP contribution in [0.5, 0.6) is 0 Å². The summed E-state index contributed by atoms with van der Waals surface area (Å²) in [5.74, 6) is -0.232. The van der Waals surface area contributed by atoms with Gasteiger partial charge in [-0.25, -0.2) is 0 Å². The van der Waals surface area contributed by atoms with Crippen LogP contribution in [0.2, 0.25) is 20.1 Å². The van der Waals surface area contributed by atoms with Crippen molar-refractivity contribution >= 4 is 63.7 Å². The van der Waals surface area contributed by atoms with Crippen LogP contribution >= 0.6 is 46.4 Å². The first-order chi connectivity index (χ1) is 9.94. The van der Waals surface area contributed by atoms with Crippen LogP contribution in [0.15, 0.2) is 36.4 Å². The van der Waals surface area contributed by atoms with E-state index in [-0.39, 0.29) is 12.5 Å². The highest BCUT2D eigenvalue weighted by Crippen LogP contribution is 2.25. The zero-order valence-corrected chi connectivity index (χ0v) is 13.6. The molecular formula is C14H10Cl4N2O. The fraction of sp³-hybridized carbons (Fsp3) is 0.0714. The van der Waals surface area contributed by atoms with Gasteiger partial charge in [-0.2, -0.15) is 0 Å². The van der Waals surface area contributed by atoms with E-state index in [0.717, 1.165) is 0 Å². The minimum Gasteiger partial charge on any atom is -0.376 e. The van der Waals surface area contributed by atoms with Gasteiger partial charge in [-0.3, -0.25) is 4.79 Å². The Kier molecular flexibility index (Phi) is 5.59. The molecule has 0 heterocycles. The molecule has 2 rings (SSSR count). The van der Waals surface area contributed by atoms with Gasteiger partial charge in [-0.05, 0) is 36.4 Å². The molecule has 0 atom stereocenters. The Morgan fingerprint density at radius 3 is 2.14 bits per heavy atom. The van der Waals surface area contributed by atoms with Crippen LogP contribution < -0.4 is 10.6 Å². The molecule has 0 spiro atoms. The van der Waals surface area contributed by atoms with Crippen LogP contribution in [0.1, 0.15) is 0 Å². The number of hydrogen-bond acceptors (Lipinski definition) is 2. The molecule has 0 radical (unpaired) electrons. The molecule has 110 valence electrons. The summed E-state index contributed by atoms with van der Waals surface area (Å²) >= 11 is 23.4. The van der Waals surface area contributed by atoms with Crippen molar-refractivity contribution in [2.75, 3.05) is 17.2 Å². The molecule has 0 fully saturated rings. The molecule has 0 bridgehead atoms. The predicted octanol–water partition coefficient (Wildman–Crippen LogP) is 5.35. The second kappa shape index (κ2) is 7.23. The van der Waals surface area contributed by atoms with Crippen LogP contribution in [0.25, 0.3) is 0 Å². The summed E-state index contributed by atoms with van der Waals surface area (Å²) < 4.78 is 0. The normalized spacial score (nSPS) is 10.3. The fourth-order valence-electron chi connectivity index (χ4n) is 1.62. The maximum absolute atomic E-state index is 11.8. The highest BCUT2D eigenvalue weighted by Gasteiger charge is 2.05. The van der Waals surface area contributed by atoms with Gasteiger partial charge in [0.05, 0.1) is 16.6 Å². The van der Waals surface area contributed by atoms with E-state index < -0.39 is 0 Å². The molecule has 21 heavy (non-hydrogen) atoms. The van der Waals surface area contributed by atoms with Crippen LogP contribution in [0, 0.1) is 0 Å². The highest BCUT2D eigenvalue weighted by atomic mass is 35.5. The minimum absolute atomic E-state index is 0.0664. The lowest BCUT2D eigenvalue weighted by Crippen LogP contribution is -2.21. The molecule has 1 amide bonds. The molecule has 7 heteroatoms. The Hall–Kier alpha value is -1.13. The smallest absolute Gasteiger partial charge is 0.243 e. The van der Waals surface area contributed by atoms with Crippen LogP contribution in [-0.2, 0) is 4.79 Å². The van der Waals surface area contributed by atoms with Crippen molar-refractivity contribution in [3.05, 3.63) is 56.5 Å². The highest BCUT2D eigenvalue weighted by molar-refractivity contribution is 6.42. The number of carbonyl (C=O) groups is 1. The summed E-state index contributed by atoms with van der Waals surface area (Å²) in [6, 6.07) is 9.84. The van der Waals surface area contributed by atoms with Gasteiger partial charge in [0.2, 0.25) is 5.91 Å². The molecule has 0 aliphatic rings. The zero-order valence-electron chi connectivity index (χ0n) is 10.6. The summed E-state index contributed by atoms with van der Waals surface area (Å²) in [5.41, 5.74) is 1.23. The number of halogens is 4. The lowest BCUT2D eigenvalue weighted by Gasteiger charge is -2.09. The Bertz CT molecular complexity index is 656. The van der Waals surface area contributed by atoms with E-state index in [4.69, 9.17) is 46.4 Å². The third kappa shape index (κ3) is 4.97. The SMILES string of the molecule is O=C(CNc1cc(Cl)cc(Cl)c1)Nc1ccc(Cl)c(Cl)c1. The van der Waals surface area contributed by atoms with Gasteiger partial charge in [-0.15, -0.1) is 0 Å². The number of hydrogen-bond donors (Lipinski definition) is 2.